The van der Waals surface area contributed by atoms with Gasteiger partial charge in [0.15, 0.2) is 0 Å². The second-order valence-electron chi connectivity index (χ2n) is 6.29. The maximum Gasteiger partial charge on any atom is 0.245 e. The Bertz CT molecular complexity index is 389. The van der Waals surface area contributed by atoms with Gasteiger partial charge >= 0.3 is 0 Å². The van der Waals surface area contributed by atoms with Crippen molar-refractivity contribution in [1.29, 1.82) is 0 Å². The van der Waals surface area contributed by atoms with Gasteiger partial charge in [-0.3, -0.25) is 9.59 Å². The number of hydrogen-bond donors (Lipinski definition) is 1. The number of carbonyl (C=O) groups is 2. The van der Waals surface area contributed by atoms with Crippen LogP contribution in [0.1, 0.15) is 39.0 Å². The molecule has 1 N–H and O–H groups in total. The number of amides is 2. The second-order valence-corrected chi connectivity index (χ2v) is 7.98. The van der Waals surface area contributed by atoms with Crippen LogP contribution in [0, 0.1) is 5.92 Å². The molecule has 2 amide bonds. The van der Waals surface area contributed by atoms with E-state index >= 15 is 0 Å². The van der Waals surface area contributed by atoms with Crippen LogP contribution in [0.25, 0.3) is 0 Å². The monoisotopic (exact) mass is 282 g/mol. The van der Waals surface area contributed by atoms with E-state index in [0.29, 0.717) is 18.9 Å². The van der Waals surface area contributed by atoms with Crippen molar-refractivity contribution >= 4 is 23.6 Å². The quantitative estimate of drug-likeness (QED) is 0.851. The SMILES string of the molecule is CC1(CN2CCC(=O)NC(C3CC3)C2=O)CCCS1. The lowest BCUT2D eigenvalue weighted by molar-refractivity contribution is -0.134. The van der Waals surface area contributed by atoms with Crippen LogP contribution in [0.15, 0.2) is 0 Å². The zero-order chi connectivity index (χ0) is 13.5. The first kappa shape index (κ1) is 13.3. The lowest BCUT2D eigenvalue weighted by atomic mass is 10.0. The topological polar surface area (TPSA) is 49.4 Å². The molecule has 3 rings (SSSR count). The predicted molar refractivity (Wildman–Crippen MR) is 75.9 cm³/mol. The molecular formula is C14H22N2O2S. The molecule has 0 aromatic heterocycles. The van der Waals surface area contributed by atoms with Crippen LogP contribution in [0.5, 0.6) is 0 Å². The van der Waals surface area contributed by atoms with Crippen molar-refractivity contribution in [1.82, 2.24) is 10.2 Å². The van der Waals surface area contributed by atoms with Crippen molar-refractivity contribution < 1.29 is 9.59 Å². The summed E-state index contributed by atoms with van der Waals surface area (Å²) in [4.78, 5) is 26.3. The average molecular weight is 282 g/mol. The van der Waals surface area contributed by atoms with Crippen LogP contribution in [0.4, 0.5) is 0 Å². The summed E-state index contributed by atoms with van der Waals surface area (Å²) in [6.07, 6.45) is 5.03. The summed E-state index contributed by atoms with van der Waals surface area (Å²) in [5, 5.41) is 2.92. The molecule has 19 heavy (non-hydrogen) atoms. The van der Waals surface area contributed by atoms with Crippen LogP contribution in [0.2, 0.25) is 0 Å². The Morgan fingerprint density at radius 3 is 2.84 bits per heavy atom. The van der Waals surface area contributed by atoms with E-state index in [1.165, 1.54) is 18.6 Å². The maximum atomic E-state index is 12.6. The molecule has 2 heterocycles. The Morgan fingerprint density at radius 1 is 1.42 bits per heavy atom. The molecule has 0 aromatic rings. The predicted octanol–water partition coefficient (Wildman–Crippen LogP) is 1.40. The van der Waals surface area contributed by atoms with Crippen molar-refractivity contribution in [3.63, 3.8) is 0 Å². The number of rotatable bonds is 3. The zero-order valence-corrected chi connectivity index (χ0v) is 12.3. The largest absolute Gasteiger partial charge is 0.344 e. The Morgan fingerprint density at radius 2 is 2.21 bits per heavy atom. The van der Waals surface area contributed by atoms with Gasteiger partial charge in [-0.2, -0.15) is 11.8 Å². The first-order chi connectivity index (χ1) is 9.07. The lowest BCUT2D eigenvalue weighted by Crippen LogP contribution is -2.49. The normalized spacial score (nSPS) is 36.3. The van der Waals surface area contributed by atoms with Gasteiger partial charge in [-0.25, -0.2) is 0 Å². The number of carbonyl (C=O) groups excluding carboxylic acids is 2. The van der Waals surface area contributed by atoms with E-state index in [1.807, 2.05) is 16.7 Å². The van der Waals surface area contributed by atoms with E-state index in [4.69, 9.17) is 0 Å². The van der Waals surface area contributed by atoms with Gasteiger partial charge in [0, 0.05) is 24.3 Å². The van der Waals surface area contributed by atoms with E-state index < -0.39 is 0 Å². The van der Waals surface area contributed by atoms with Gasteiger partial charge in [0.05, 0.1) is 0 Å². The van der Waals surface area contributed by atoms with Gasteiger partial charge in [0.25, 0.3) is 0 Å². The van der Waals surface area contributed by atoms with Gasteiger partial charge in [-0.1, -0.05) is 0 Å². The van der Waals surface area contributed by atoms with Crippen LogP contribution in [-0.2, 0) is 9.59 Å². The molecule has 4 nitrogen and oxygen atoms in total. The van der Waals surface area contributed by atoms with Gasteiger partial charge in [-0.15, -0.1) is 0 Å². The first-order valence-corrected chi connectivity index (χ1v) is 8.28. The molecule has 2 unspecified atom stereocenters. The van der Waals surface area contributed by atoms with Crippen molar-refractivity contribution in [2.45, 2.75) is 49.8 Å². The summed E-state index contributed by atoms with van der Waals surface area (Å²) in [6.45, 7) is 3.64. The molecule has 3 aliphatic rings. The molecule has 0 spiro atoms. The smallest absolute Gasteiger partial charge is 0.245 e. The molecule has 2 saturated heterocycles. The van der Waals surface area contributed by atoms with E-state index in [2.05, 4.69) is 12.2 Å². The fraction of sp³-hybridized carbons (Fsp3) is 0.857. The second kappa shape index (κ2) is 5.00. The van der Waals surface area contributed by atoms with Crippen molar-refractivity contribution in [3.05, 3.63) is 0 Å². The summed E-state index contributed by atoms with van der Waals surface area (Å²) in [5.74, 6) is 1.78. The van der Waals surface area contributed by atoms with E-state index in [-0.39, 0.29) is 22.6 Å². The number of hydrogen-bond acceptors (Lipinski definition) is 3. The highest BCUT2D eigenvalue weighted by molar-refractivity contribution is 8.00. The van der Waals surface area contributed by atoms with Crippen molar-refractivity contribution in [3.8, 4) is 0 Å². The zero-order valence-electron chi connectivity index (χ0n) is 11.5. The molecule has 3 fully saturated rings. The Balaban J connectivity index is 1.71. The molecule has 2 aliphatic heterocycles. The summed E-state index contributed by atoms with van der Waals surface area (Å²) >= 11 is 1.97. The third kappa shape index (κ3) is 2.91. The van der Waals surface area contributed by atoms with Gasteiger partial charge in [0.1, 0.15) is 6.04 Å². The van der Waals surface area contributed by atoms with Crippen molar-refractivity contribution in [2.24, 2.45) is 5.92 Å². The summed E-state index contributed by atoms with van der Waals surface area (Å²) in [5.41, 5.74) is 0. The summed E-state index contributed by atoms with van der Waals surface area (Å²) in [6, 6.07) is -0.245. The lowest BCUT2D eigenvalue weighted by Gasteiger charge is -2.32. The first-order valence-electron chi connectivity index (χ1n) is 7.29. The van der Waals surface area contributed by atoms with Gasteiger partial charge in [0.2, 0.25) is 11.8 Å². The van der Waals surface area contributed by atoms with E-state index in [1.54, 1.807) is 0 Å². The minimum atomic E-state index is -0.245. The number of nitrogens with zero attached hydrogens (tertiary/aromatic N) is 1. The molecule has 0 bridgehead atoms. The molecule has 1 aliphatic carbocycles. The van der Waals surface area contributed by atoms with Crippen LogP contribution in [-0.4, -0.2) is 46.3 Å². The molecule has 1 saturated carbocycles. The van der Waals surface area contributed by atoms with Gasteiger partial charge in [-0.05, 0) is 44.3 Å². The molecule has 106 valence electrons. The number of nitrogens with one attached hydrogen (secondary N) is 1. The molecule has 0 aromatic carbocycles. The molecular weight excluding hydrogens is 260 g/mol. The Kier molecular flexibility index (Phi) is 3.50. The van der Waals surface area contributed by atoms with E-state index in [9.17, 15) is 9.59 Å². The molecule has 0 radical (unpaired) electrons. The fourth-order valence-electron chi connectivity index (χ4n) is 3.12. The summed E-state index contributed by atoms with van der Waals surface area (Å²) in [7, 11) is 0. The van der Waals surface area contributed by atoms with Crippen LogP contribution < -0.4 is 5.32 Å². The highest BCUT2D eigenvalue weighted by Crippen LogP contribution is 2.39. The average Bonchev–Trinajstić information content (AvgIpc) is 3.14. The van der Waals surface area contributed by atoms with Crippen LogP contribution >= 0.6 is 11.8 Å². The highest BCUT2D eigenvalue weighted by atomic mass is 32.2. The minimum absolute atomic E-state index is 0.0389. The van der Waals surface area contributed by atoms with Crippen LogP contribution in [0.3, 0.4) is 0 Å². The highest BCUT2D eigenvalue weighted by Gasteiger charge is 2.43. The minimum Gasteiger partial charge on any atom is -0.344 e. The van der Waals surface area contributed by atoms with Gasteiger partial charge < -0.3 is 10.2 Å². The standard InChI is InChI=1S/C14H22N2O2S/c1-14(6-2-8-19-14)9-16-7-5-11(17)15-12(13(16)18)10-3-4-10/h10,12H,2-9H2,1H3,(H,15,17). The fourth-order valence-corrected chi connectivity index (χ4v) is 4.44. The Hall–Kier alpha value is -0.710. The van der Waals surface area contributed by atoms with Crippen molar-refractivity contribution in [2.75, 3.05) is 18.8 Å². The summed E-state index contributed by atoms with van der Waals surface area (Å²) < 4.78 is 0.192. The Labute approximate surface area is 118 Å². The van der Waals surface area contributed by atoms with E-state index in [0.717, 1.165) is 19.4 Å². The molecule has 5 heteroatoms. The molecule has 2 atom stereocenters. The third-order valence-electron chi connectivity index (χ3n) is 4.42. The number of thioether (sulfide) groups is 1. The maximum absolute atomic E-state index is 12.6. The third-order valence-corrected chi connectivity index (χ3v) is 5.95.